The van der Waals surface area contributed by atoms with E-state index in [0.717, 1.165) is 5.56 Å². The fourth-order valence-corrected chi connectivity index (χ4v) is 5.30. The molecule has 3 aliphatic rings. The van der Waals surface area contributed by atoms with E-state index in [1.54, 1.807) is 30.0 Å². The molecule has 2 aromatic carbocycles. The lowest BCUT2D eigenvalue weighted by molar-refractivity contribution is -0.0438. The van der Waals surface area contributed by atoms with Gasteiger partial charge in [0.2, 0.25) is 0 Å². The first-order chi connectivity index (χ1) is 19.0. The molecule has 1 aromatic heterocycles. The normalized spacial score (nSPS) is 25.5. The van der Waals surface area contributed by atoms with Crippen LogP contribution < -0.4 is 14.8 Å². The Kier molecular flexibility index (Phi) is 6.29. The Morgan fingerprint density at radius 1 is 1.10 bits per heavy atom. The Morgan fingerprint density at radius 2 is 1.79 bits per heavy atom. The summed E-state index contributed by atoms with van der Waals surface area (Å²) in [5, 5.41) is 23.0. The van der Waals surface area contributed by atoms with Gasteiger partial charge in [0.1, 0.15) is 35.9 Å². The number of amidine groups is 1. The molecular formula is C27H28N6O6. The van der Waals surface area contributed by atoms with E-state index in [1.165, 1.54) is 6.34 Å². The first kappa shape index (κ1) is 25.0. The van der Waals surface area contributed by atoms with Crippen molar-refractivity contribution in [1.29, 1.82) is 0 Å². The van der Waals surface area contributed by atoms with E-state index in [0.29, 0.717) is 34.4 Å². The topological polar surface area (TPSA) is 143 Å². The van der Waals surface area contributed by atoms with Gasteiger partial charge in [0.05, 0.1) is 39.8 Å². The molecular weight excluding hydrogens is 504 g/mol. The summed E-state index contributed by atoms with van der Waals surface area (Å²) in [4.78, 5) is 29.2. The van der Waals surface area contributed by atoms with Gasteiger partial charge < -0.3 is 29.7 Å². The van der Waals surface area contributed by atoms with E-state index in [2.05, 4.69) is 15.3 Å². The van der Waals surface area contributed by atoms with Gasteiger partial charge in [-0.1, -0.05) is 24.3 Å². The van der Waals surface area contributed by atoms with Gasteiger partial charge in [0.15, 0.2) is 17.2 Å². The van der Waals surface area contributed by atoms with Crippen molar-refractivity contribution in [3.63, 3.8) is 0 Å². The number of carbonyl (C=O) groups is 1. The molecule has 4 atom stereocenters. The molecule has 3 N–H and O–H groups in total. The summed E-state index contributed by atoms with van der Waals surface area (Å²) >= 11 is 0. The second-order valence-corrected chi connectivity index (χ2v) is 9.48. The number of nitrogens with zero attached hydrogens (tertiary/aromatic N) is 5. The third-order valence-corrected chi connectivity index (χ3v) is 7.33. The highest BCUT2D eigenvalue weighted by atomic mass is 16.5. The third-order valence-electron chi connectivity index (χ3n) is 7.33. The van der Waals surface area contributed by atoms with Gasteiger partial charge in [-0.05, 0) is 35.4 Å². The number of aliphatic hydroxyl groups excluding tert-OH is 2. The van der Waals surface area contributed by atoms with Gasteiger partial charge >= 0.3 is 6.03 Å². The summed E-state index contributed by atoms with van der Waals surface area (Å²) in [5.74, 6) is 2.22. The molecule has 202 valence electrons. The molecule has 1 unspecified atom stereocenters. The highest BCUT2D eigenvalue weighted by molar-refractivity contribution is 6.15. The number of aromatic nitrogens is 2. The van der Waals surface area contributed by atoms with Crippen LogP contribution in [0, 0.1) is 0 Å². The van der Waals surface area contributed by atoms with Gasteiger partial charge in [0, 0.05) is 6.42 Å². The second-order valence-electron chi connectivity index (χ2n) is 9.48. The van der Waals surface area contributed by atoms with Crippen LogP contribution in [0.1, 0.15) is 29.5 Å². The van der Waals surface area contributed by atoms with Crippen molar-refractivity contribution in [2.45, 2.75) is 36.9 Å². The number of nitrogens with one attached hydrogen (secondary N) is 1. The van der Waals surface area contributed by atoms with Crippen LogP contribution in [0.3, 0.4) is 0 Å². The van der Waals surface area contributed by atoms with Gasteiger partial charge in [-0.3, -0.25) is 9.47 Å². The number of imidazole rings is 1. The minimum absolute atomic E-state index is 0.253. The summed E-state index contributed by atoms with van der Waals surface area (Å²) in [6.45, 7) is -0.0518. The fourth-order valence-electron chi connectivity index (χ4n) is 5.30. The van der Waals surface area contributed by atoms with Crippen molar-refractivity contribution in [2.24, 2.45) is 9.98 Å². The largest absolute Gasteiger partial charge is 0.497 e. The molecule has 0 radical (unpaired) electrons. The predicted molar refractivity (Wildman–Crippen MR) is 140 cm³/mol. The van der Waals surface area contributed by atoms with E-state index < -0.39 is 24.0 Å². The number of aliphatic imine (C=N–C) groups is 2. The van der Waals surface area contributed by atoms with Crippen LogP contribution in [0.5, 0.6) is 11.5 Å². The SMILES string of the molecule is COc1ccc(CN2C(=O)NC3(c4ccc(OC)cc4)C2=NC=Nc2c3ncn2[C@H]2C[C@@H](O)[C@@H](CO)O2)cc1. The lowest BCUT2D eigenvalue weighted by atomic mass is 9.85. The van der Waals surface area contributed by atoms with Crippen LogP contribution in [0.15, 0.2) is 64.8 Å². The molecule has 4 heterocycles. The van der Waals surface area contributed by atoms with Crippen molar-refractivity contribution in [3.05, 3.63) is 71.7 Å². The van der Waals surface area contributed by atoms with Crippen LogP contribution in [-0.2, 0) is 16.8 Å². The number of hydrogen-bond donors (Lipinski definition) is 3. The summed E-state index contributed by atoms with van der Waals surface area (Å²) in [7, 11) is 3.19. The molecule has 0 aliphatic carbocycles. The average Bonchev–Trinajstić information content (AvgIpc) is 3.60. The number of carbonyl (C=O) groups excluding carboxylic acids is 1. The van der Waals surface area contributed by atoms with Crippen LogP contribution in [0.4, 0.5) is 10.6 Å². The maximum Gasteiger partial charge on any atom is 0.324 e. The van der Waals surface area contributed by atoms with Gasteiger partial charge in [0.25, 0.3) is 0 Å². The second kappa shape index (κ2) is 9.80. The van der Waals surface area contributed by atoms with E-state index in [-0.39, 0.29) is 25.6 Å². The first-order valence-electron chi connectivity index (χ1n) is 12.5. The minimum Gasteiger partial charge on any atom is -0.497 e. The number of methoxy groups -OCH3 is 2. The zero-order valence-corrected chi connectivity index (χ0v) is 21.4. The molecule has 0 bridgehead atoms. The van der Waals surface area contributed by atoms with Crippen molar-refractivity contribution < 1.29 is 29.2 Å². The van der Waals surface area contributed by atoms with Crippen molar-refractivity contribution in [1.82, 2.24) is 19.8 Å². The molecule has 12 heteroatoms. The lowest BCUT2D eigenvalue weighted by Crippen LogP contribution is -2.45. The van der Waals surface area contributed by atoms with E-state index >= 15 is 0 Å². The monoisotopic (exact) mass is 532 g/mol. The summed E-state index contributed by atoms with van der Waals surface area (Å²) in [6, 6.07) is 14.5. The number of hydrogen-bond acceptors (Lipinski definition) is 9. The maximum absolute atomic E-state index is 13.6. The number of benzene rings is 2. The number of amides is 2. The van der Waals surface area contributed by atoms with Crippen LogP contribution in [0.2, 0.25) is 0 Å². The average molecular weight is 533 g/mol. The molecule has 3 aliphatic heterocycles. The van der Waals surface area contributed by atoms with Gasteiger partial charge in [-0.15, -0.1) is 0 Å². The molecule has 3 aromatic rings. The summed E-state index contributed by atoms with van der Waals surface area (Å²) < 4.78 is 18.2. The molecule has 0 spiro atoms. The van der Waals surface area contributed by atoms with E-state index in [9.17, 15) is 15.0 Å². The third kappa shape index (κ3) is 4.04. The summed E-state index contributed by atoms with van der Waals surface area (Å²) in [5.41, 5.74) is 0.788. The molecule has 2 saturated heterocycles. The molecule has 0 saturated carbocycles. The number of rotatable bonds is 7. The fraction of sp³-hybridized carbons (Fsp3) is 0.333. The maximum atomic E-state index is 13.6. The molecule has 12 nitrogen and oxygen atoms in total. The smallest absolute Gasteiger partial charge is 0.324 e. The van der Waals surface area contributed by atoms with E-state index in [1.807, 2.05) is 48.5 Å². The minimum atomic E-state index is -1.26. The van der Waals surface area contributed by atoms with Crippen LogP contribution in [-0.4, -0.2) is 75.9 Å². The Labute approximate surface area is 224 Å². The number of urea groups is 1. The first-order valence-corrected chi connectivity index (χ1v) is 12.5. The Hall–Kier alpha value is -4.26. The van der Waals surface area contributed by atoms with Gasteiger partial charge in [-0.25, -0.2) is 19.8 Å². The number of aliphatic hydroxyl groups is 2. The lowest BCUT2D eigenvalue weighted by Gasteiger charge is -2.29. The molecule has 2 fully saturated rings. The van der Waals surface area contributed by atoms with Gasteiger partial charge in [-0.2, -0.15) is 0 Å². The summed E-state index contributed by atoms with van der Waals surface area (Å²) in [6.07, 6.45) is 1.08. The van der Waals surface area contributed by atoms with E-state index in [4.69, 9.17) is 19.2 Å². The molecule has 39 heavy (non-hydrogen) atoms. The van der Waals surface area contributed by atoms with Crippen molar-refractivity contribution in [2.75, 3.05) is 20.8 Å². The number of fused-ring (bicyclic) bond motifs is 3. The Bertz CT molecular complexity index is 1440. The Balaban J connectivity index is 1.46. The quantitative estimate of drug-likeness (QED) is 0.423. The van der Waals surface area contributed by atoms with Crippen molar-refractivity contribution in [3.8, 4) is 11.5 Å². The molecule has 2 amide bonds. The molecule has 6 rings (SSSR count). The predicted octanol–water partition coefficient (Wildman–Crippen LogP) is 2.08. The number of ether oxygens (including phenoxy) is 3. The van der Waals surface area contributed by atoms with Crippen molar-refractivity contribution >= 4 is 24.0 Å². The van der Waals surface area contributed by atoms with Crippen LogP contribution >= 0.6 is 0 Å². The highest BCUT2D eigenvalue weighted by Crippen LogP contribution is 2.44. The standard InChI is InChI=1S/C27H28N6O6/c1-37-18-7-3-16(4-8-18)12-32-25-27(31-26(32)36,17-5-9-19(38-2)10-6-17)23-24(28-14-29-25)33(15-30-23)22-11-20(35)21(13-34)39-22/h3-10,14-15,20-22,34-35H,11-13H2,1-2H3,(H,31,36)/t20-,21-,22-,27?/m1/s1. The Morgan fingerprint density at radius 3 is 2.44 bits per heavy atom. The highest BCUT2D eigenvalue weighted by Gasteiger charge is 2.55. The zero-order valence-electron chi connectivity index (χ0n) is 21.4. The zero-order chi connectivity index (χ0) is 27.1. The van der Waals surface area contributed by atoms with Crippen LogP contribution in [0.25, 0.3) is 0 Å².